The molecule has 1 aromatic heterocycles. The molecule has 8 heteroatoms. The SMILES string of the molecule is CC(C)C[C@@H](NC(=O)/C(=C\c1ccc(F)cc1)NC(=O)c1ccco1)C(=O)O. The summed E-state index contributed by atoms with van der Waals surface area (Å²) in [4.78, 5) is 36.3. The average molecular weight is 388 g/mol. The molecule has 0 aliphatic carbocycles. The van der Waals surface area contributed by atoms with Gasteiger partial charge in [0.1, 0.15) is 17.6 Å². The molecule has 0 fully saturated rings. The van der Waals surface area contributed by atoms with Crippen molar-refractivity contribution in [1.29, 1.82) is 0 Å². The predicted octanol–water partition coefficient (Wildman–Crippen LogP) is 2.81. The van der Waals surface area contributed by atoms with Crippen molar-refractivity contribution in [3.05, 3.63) is 65.5 Å². The molecule has 0 aliphatic rings. The fraction of sp³-hybridized carbons (Fsp3) is 0.250. The average Bonchev–Trinajstić information content (AvgIpc) is 3.16. The lowest BCUT2D eigenvalue weighted by molar-refractivity contribution is -0.141. The van der Waals surface area contributed by atoms with Crippen LogP contribution in [0.15, 0.2) is 52.8 Å². The lowest BCUT2D eigenvalue weighted by Gasteiger charge is -2.18. The third kappa shape index (κ3) is 6.08. The first kappa shape index (κ1) is 20.9. The Morgan fingerprint density at radius 1 is 1.18 bits per heavy atom. The van der Waals surface area contributed by atoms with Gasteiger partial charge in [0.2, 0.25) is 0 Å². The second kappa shape index (κ2) is 9.50. The van der Waals surface area contributed by atoms with Crippen molar-refractivity contribution in [2.75, 3.05) is 0 Å². The van der Waals surface area contributed by atoms with Gasteiger partial charge in [-0.3, -0.25) is 9.59 Å². The highest BCUT2D eigenvalue weighted by atomic mass is 19.1. The molecular weight excluding hydrogens is 367 g/mol. The molecule has 0 spiro atoms. The molecule has 28 heavy (non-hydrogen) atoms. The van der Waals surface area contributed by atoms with Crippen LogP contribution in [0.2, 0.25) is 0 Å². The van der Waals surface area contributed by atoms with Crippen LogP contribution in [0.3, 0.4) is 0 Å². The highest BCUT2D eigenvalue weighted by Crippen LogP contribution is 2.11. The summed E-state index contributed by atoms with van der Waals surface area (Å²) in [5.41, 5.74) is 0.255. The molecule has 0 saturated carbocycles. The molecule has 0 unspecified atom stereocenters. The van der Waals surface area contributed by atoms with Crippen LogP contribution in [-0.2, 0) is 9.59 Å². The zero-order valence-electron chi connectivity index (χ0n) is 15.4. The quantitative estimate of drug-likeness (QED) is 0.603. The lowest BCUT2D eigenvalue weighted by atomic mass is 10.0. The van der Waals surface area contributed by atoms with Crippen LogP contribution >= 0.6 is 0 Å². The Hall–Kier alpha value is -3.42. The number of rotatable bonds is 8. The van der Waals surface area contributed by atoms with Crippen molar-refractivity contribution in [1.82, 2.24) is 10.6 Å². The summed E-state index contributed by atoms with van der Waals surface area (Å²) in [6.45, 7) is 3.66. The monoisotopic (exact) mass is 388 g/mol. The van der Waals surface area contributed by atoms with E-state index in [1.54, 1.807) is 0 Å². The summed E-state index contributed by atoms with van der Waals surface area (Å²) in [5, 5.41) is 14.1. The Balaban J connectivity index is 2.28. The fourth-order valence-electron chi connectivity index (χ4n) is 2.40. The van der Waals surface area contributed by atoms with Gasteiger partial charge in [0.15, 0.2) is 5.76 Å². The highest BCUT2D eigenvalue weighted by Gasteiger charge is 2.24. The molecule has 2 rings (SSSR count). The van der Waals surface area contributed by atoms with Crippen molar-refractivity contribution in [2.24, 2.45) is 5.92 Å². The molecule has 0 bridgehead atoms. The number of carbonyl (C=O) groups excluding carboxylic acids is 2. The third-order valence-corrected chi connectivity index (χ3v) is 3.73. The van der Waals surface area contributed by atoms with Crippen molar-refractivity contribution in [3.63, 3.8) is 0 Å². The molecule has 2 amide bonds. The van der Waals surface area contributed by atoms with E-state index in [1.165, 1.54) is 48.7 Å². The number of benzene rings is 1. The number of carboxylic acids is 1. The van der Waals surface area contributed by atoms with Crippen LogP contribution < -0.4 is 10.6 Å². The van der Waals surface area contributed by atoms with Gasteiger partial charge < -0.3 is 20.2 Å². The van der Waals surface area contributed by atoms with Crippen LogP contribution in [0.5, 0.6) is 0 Å². The smallest absolute Gasteiger partial charge is 0.326 e. The fourth-order valence-corrected chi connectivity index (χ4v) is 2.40. The zero-order valence-corrected chi connectivity index (χ0v) is 15.4. The third-order valence-electron chi connectivity index (χ3n) is 3.73. The minimum absolute atomic E-state index is 0.0187. The number of halogens is 1. The molecule has 0 saturated heterocycles. The van der Waals surface area contributed by atoms with Gasteiger partial charge in [-0.05, 0) is 48.2 Å². The second-order valence-electron chi connectivity index (χ2n) is 6.53. The maximum atomic E-state index is 13.1. The van der Waals surface area contributed by atoms with E-state index < -0.39 is 29.6 Å². The predicted molar refractivity (Wildman–Crippen MR) is 99.6 cm³/mol. The van der Waals surface area contributed by atoms with Crippen LogP contribution in [0, 0.1) is 11.7 Å². The van der Waals surface area contributed by atoms with E-state index in [2.05, 4.69) is 10.6 Å². The summed E-state index contributed by atoms with van der Waals surface area (Å²) in [5.74, 6) is -3.08. The molecule has 7 nitrogen and oxygen atoms in total. The standard InChI is InChI=1S/C20H21FN2O5/c1-12(2)10-16(20(26)27)23-18(24)15(11-13-5-7-14(21)8-6-13)22-19(25)17-4-3-9-28-17/h3-9,11-12,16H,10H2,1-2H3,(H,22,25)(H,23,24)(H,26,27)/b15-11+/t16-/m1/s1. The molecule has 1 aromatic carbocycles. The maximum absolute atomic E-state index is 13.1. The van der Waals surface area contributed by atoms with Crippen molar-refractivity contribution in [2.45, 2.75) is 26.3 Å². The Kier molecular flexibility index (Phi) is 7.08. The molecular formula is C20H21FN2O5. The van der Waals surface area contributed by atoms with E-state index in [0.29, 0.717) is 5.56 Å². The van der Waals surface area contributed by atoms with E-state index in [9.17, 15) is 23.9 Å². The van der Waals surface area contributed by atoms with Crippen LogP contribution in [0.1, 0.15) is 36.4 Å². The second-order valence-corrected chi connectivity index (χ2v) is 6.53. The summed E-state index contributed by atoms with van der Waals surface area (Å²) in [6, 6.07) is 7.06. The van der Waals surface area contributed by atoms with E-state index in [0.717, 1.165) is 0 Å². The number of carbonyl (C=O) groups is 3. The van der Waals surface area contributed by atoms with Gasteiger partial charge in [-0.1, -0.05) is 26.0 Å². The van der Waals surface area contributed by atoms with Crippen molar-refractivity contribution < 1.29 is 28.3 Å². The van der Waals surface area contributed by atoms with Crippen molar-refractivity contribution >= 4 is 23.9 Å². The number of hydrogen-bond donors (Lipinski definition) is 3. The molecule has 2 aromatic rings. The van der Waals surface area contributed by atoms with Crippen molar-refractivity contribution in [3.8, 4) is 0 Å². The summed E-state index contributed by atoms with van der Waals surface area (Å²) in [7, 11) is 0. The van der Waals surface area contributed by atoms with E-state index >= 15 is 0 Å². The Labute approximate surface area is 161 Å². The Bertz CT molecular complexity index is 857. The van der Waals surface area contributed by atoms with Gasteiger partial charge in [-0.15, -0.1) is 0 Å². The number of hydrogen-bond acceptors (Lipinski definition) is 4. The van der Waals surface area contributed by atoms with Gasteiger partial charge in [0, 0.05) is 0 Å². The number of aliphatic carboxylic acids is 1. The first-order valence-corrected chi connectivity index (χ1v) is 8.62. The summed E-state index contributed by atoms with van der Waals surface area (Å²) >= 11 is 0. The normalized spacial score (nSPS) is 12.5. The van der Waals surface area contributed by atoms with E-state index in [-0.39, 0.29) is 23.8 Å². The highest BCUT2D eigenvalue weighted by molar-refractivity contribution is 6.05. The first-order chi connectivity index (χ1) is 13.3. The van der Waals surface area contributed by atoms with Crippen LogP contribution in [0.4, 0.5) is 4.39 Å². The van der Waals surface area contributed by atoms with Gasteiger partial charge in [0.25, 0.3) is 11.8 Å². The molecule has 1 atom stereocenters. The largest absolute Gasteiger partial charge is 0.480 e. The Morgan fingerprint density at radius 2 is 1.86 bits per heavy atom. The molecule has 0 aliphatic heterocycles. The lowest BCUT2D eigenvalue weighted by Crippen LogP contribution is -2.44. The van der Waals surface area contributed by atoms with Gasteiger partial charge in [-0.25, -0.2) is 9.18 Å². The summed E-state index contributed by atoms with van der Waals surface area (Å²) in [6.07, 6.45) is 2.85. The molecule has 148 valence electrons. The molecule has 1 heterocycles. The maximum Gasteiger partial charge on any atom is 0.326 e. The zero-order chi connectivity index (χ0) is 20.7. The Morgan fingerprint density at radius 3 is 2.39 bits per heavy atom. The van der Waals surface area contributed by atoms with Crippen LogP contribution in [-0.4, -0.2) is 28.9 Å². The minimum atomic E-state index is -1.18. The van der Waals surface area contributed by atoms with Gasteiger partial charge in [0.05, 0.1) is 6.26 Å². The van der Waals surface area contributed by atoms with Crippen LogP contribution in [0.25, 0.3) is 6.08 Å². The van der Waals surface area contributed by atoms with E-state index in [1.807, 2.05) is 13.8 Å². The number of carboxylic acid groups (broad SMARTS) is 1. The molecule has 0 radical (unpaired) electrons. The van der Waals surface area contributed by atoms with Gasteiger partial charge in [-0.2, -0.15) is 0 Å². The topological polar surface area (TPSA) is 109 Å². The number of furan rings is 1. The minimum Gasteiger partial charge on any atom is -0.480 e. The number of amides is 2. The van der Waals surface area contributed by atoms with E-state index in [4.69, 9.17) is 4.42 Å². The first-order valence-electron chi connectivity index (χ1n) is 8.62. The summed E-state index contributed by atoms with van der Waals surface area (Å²) < 4.78 is 18.1. The molecule has 3 N–H and O–H groups in total. The van der Waals surface area contributed by atoms with Gasteiger partial charge >= 0.3 is 5.97 Å². The number of nitrogens with one attached hydrogen (secondary N) is 2.